The Morgan fingerprint density at radius 2 is 2.14 bits per heavy atom. The van der Waals surface area contributed by atoms with Crippen LogP contribution in [0.5, 0.6) is 0 Å². The van der Waals surface area contributed by atoms with Crippen LogP contribution < -0.4 is 5.32 Å². The van der Waals surface area contributed by atoms with Gasteiger partial charge < -0.3 is 0 Å². The van der Waals surface area contributed by atoms with Crippen molar-refractivity contribution in [1.82, 2.24) is 5.32 Å². The summed E-state index contributed by atoms with van der Waals surface area (Å²) < 4.78 is 36.7. The Morgan fingerprint density at radius 1 is 1.57 bits per heavy atom. The Hall–Kier alpha value is -1.45. The molecule has 0 bridgehead atoms. The Bertz CT molecular complexity index is 274. The Morgan fingerprint density at radius 3 is 2.50 bits per heavy atom. The molecule has 1 N–H and O–H groups in total. The fraction of sp³-hybridized carbons (Fsp3) is 0.833. The summed E-state index contributed by atoms with van der Waals surface area (Å²) >= 11 is 0. The van der Waals surface area contributed by atoms with Crippen LogP contribution in [-0.2, 0) is 0 Å². The van der Waals surface area contributed by atoms with Gasteiger partial charge in [-0.25, -0.2) is 0 Å². The minimum Gasteiger partial charge on any atom is -0.292 e. The van der Waals surface area contributed by atoms with Crippen molar-refractivity contribution in [1.29, 1.82) is 5.26 Å². The molecule has 14 heavy (non-hydrogen) atoms. The van der Waals surface area contributed by atoms with Crippen molar-refractivity contribution in [3.63, 3.8) is 0 Å². The number of nitriles is 1. The lowest BCUT2D eigenvalue weighted by molar-refractivity contribution is -0.173. The maximum atomic E-state index is 12.2. The van der Waals surface area contributed by atoms with E-state index in [2.05, 4.69) is 10.0 Å². The largest absolute Gasteiger partial charge is 0.419 e. The van der Waals surface area contributed by atoms with Gasteiger partial charge in [0.1, 0.15) is 0 Å². The predicted octanol–water partition coefficient (Wildman–Crippen LogP) is 1.73. The highest BCUT2D eigenvalue weighted by atomic mass is 19.4. The molecule has 1 unspecified atom stereocenters. The number of nitrogens with zero attached hydrogens (tertiary/aromatic N) is 4. The summed E-state index contributed by atoms with van der Waals surface area (Å²) in [7, 11) is 0. The van der Waals surface area contributed by atoms with Crippen LogP contribution in [0.4, 0.5) is 13.2 Å². The minimum atomic E-state index is -4.65. The molecule has 0 amide bonds. The molecule has 8 heteroatoms. The van der Waals surface area contributed by atoms with Crippen LogP contribution in [0.15, 0.2) is 5.11 Å². The lowest BCUT2D eigenvalue weighted by atomic mass is 10.0. The summed E-state index contributed by atoms with van der Waals surface area (Å²) in [5.41, 5.74) is 5.26. The second-order valence-electron chi connectivity index (χ2n) is 2.62. The Kier molecular flexibility index (Phi) is 4.21. The van der Waals surface area contributed by atoms with Gasteiger partial charge in [-0.05, 0) is 12.5 Å². The molecule has 0 heterocycles. The van der Waals surface area contributed by atoms with Gasteiger partial charge >= 0.3 is 6.18 Å². The molecule has 0 saturated heterocycles. The number of rotatable bonds is 4. The lowest BCUT2D eigenvalue weighted by Crippen LogP contribution is -2.54. The molecule has 0 fully saturated rings. The summed E-state index contributed by atoms with van der Waals surface area (Å²) in [6, 6.07) is 1.12. The third-order valence-electron chi connectivity index (χ3n) is 1.54. The van der Waals surface area contributed by atoms with Gasteiger partial charge in [-0.3, -0.25) is 5.32 Å². The molecule has 1 atom stereocenters. The smallest absolute Gasteiger partial charge is 0.292 e. The summed E-state index contributed by atoms with van der Waals surface area (Å²) in [4.78, 5) is 2.36. The van der Waals surface area contributed by atoms with Gasteiger partial charge in [0.15, 0.2) is 5.54 Å². The zero-order chi connectivity index (χ0) is 11.2. The van der Waals surface area contributed by atoms with E-state index in [9.17, 15) is 13.2 Å². The monoisotopic (exact) mass is 207 g/mol. The first-order valence-corrected chi connectivity index (χ1v) is 3.61. The standard InChI is InChI=1S/C6H8F3N5/c1-5(4-10,6(7,8)9)12-2-3-13-14-11/h12H,2-3H2,1H3. The maximum Gasteiger partial charge on any atom is 0.419 e. The second kappa shape index (κ2) is 4.69. The molecular weight excluding hydrogens is 199 g/mol. The molecular formula is C6H8F3N5. The van der Waals surface area contributed by atoms with Gasteiger partial charge in [0.05, 0.1) is 6.07 Å². The average molecular weight is 207 g/mol. The Labute approximate surface area is 78.1 Å². The molecule has 0 rings (SSSR count). The Balaban J connectivity index is 4.30. The van der Waals surface area contributed by atoms with E-state index in [0.717, 1.165) is 13.0 Å². The van der Waals surface area contributed by atoms with Crippen LogP contribution in [0.1, 0.15) is 6.92 Å². The molecule has 0 saturated carbocycles. The fourth-order valence-corrected chi connectivity index (χ4v) is 0.604. The van der Waals surface area contributed by atoms with Crippen molar-refractivity contribution in [2.24, 2.45) is 5.11 Å². The first kappa shape index (κ1) is 12.6. The molecule has 0 aromatic heterocycles. The minimum absolute atomic E-state index is 0.135. The van der Waals surface area contributed by atoms with E-state index in [1.165, 1.54) is 0 Å². The summed E-state index contributed by atoms with van der Waals surface area (Å²) in [6.07, 6.45) is -4.65. The third kappa shape index (κ3) is 3.12. The zero-order valence-corrected chi connectivity index (χ0v) is 7.34. The van der Waals surface area contributed by atoms with Gasteiger partial charge in [0.2, 0.25) is 0 Å². The highest BCUT2D eigenvalue weighted by Gasteiger charge is 2.51. The van der Waals surface area contributed by atoms with Gasteiger partial charge in [-0.15, -0.1) is 0 Å². The van der Waals surface area contributed by atoms with E-state index >= 15 is 0 Å². The van der Waals surface area contributed by atoms with E-state index in [1.54, 1.807) is 0 Å². The van der Waals surface area contributed by atoms with Crippen molar-refractivity contribution in [2.45, 2.75) is 18.6 Å². The van der Waals surface area contributed by atoms with E-state index in [1.807, 2.05) is 5.32 Å². The highest BCUT2D eigenvalue weighted by molar-refractivity contribution is 5.09. The second-order valence-corrected chi connectivity index (χ2v) is 2.62. The van der Waals surface area contributed by atoms with Crippen LogP contribution in [0.2, 0.25) is 0 Å². The van der Waals surface area contributed by atoms with Crippen LogP contribution >= 0.6 is 0 Å². The molecule has 0 aliphatic rings. The quantitative estimate of drug-likeness (QED) is 0.329. The number of nitrogens with one attached hydrogen (secondary N) is 1. The SMILES string of the molecule is CC(C#N)(NCCN=[N+]=[N-])C(F)(F)F. The molecule has 0 radical (unpaired) electrons. The van der Waals surface area contributed by atoms with E-state index in [-0.39, 0.29) is 13.1 Å². The predicted molar refractivity (Wildman–Crippen MR) is 42.1 cm³/mol. The van der Waals surface area contributed by atoms with Crippen LogP contribution in [0, 0.1) is 11.3 Å². The lowest BCUT2D eigenvalue weighted by Gasteiger charge is -2.25. The molecule has 0 aromatic rings. The molecule has 0 aromatic carbocycles. The molecule has 5 nitrogen and oxygen atoms in total. The first-order valence-electron chi connectivity index (χ1n) is 3.61. The normalized spacial score (nSPS) is 15.1. The van der Waals surface area contributed by atoms with Crippen molar-refractivity contribution in [3.05, 3.63) is 10.4 Å². The fourth-order valence-electron chi connectivity index (χ4n) is 0.604. The number of azide groups is 1. The van der Waals surface area contributed by atoms with E-state index in [0.29, 0.717) is 0 Å². The van der Waals surface area contributed by atoms with Crippen molar-refractivity contribution in [3.8, 4) is 6.07 Å². The first-order chi connectivity index (χ1) is 6.37. The maximum absolute atomic E-state index is 12.2. The molecule has 0 aliphatic carbocycles. The summed E-state index contributed by atoms with van der Waals surface area (Å²) in [6.45, 7) is 0.389. The molecule has 78 valence electrons. The van der Waals surface area contributed by atoms with Crippen LogP contribution in [-0.4, -0.2) is 24.8 Å². The summed E-state index contributed by atoms with van der Waals surface area (Å²) in [5.74, 6) is 0. The van der Waals surface area contributed by atoms with Crippen molar-refractivity contribution >= 4 is 0 Å². The third-order valence-corrected chi connectivity index (χ3v) is 1.54. The molecule has 0 spiro atoms. The van der Waals surface area contributed by atoms with Gasteiger partial charge in [-0.1, -0.05) is 5.11 Å². The van der Waals surface area contributed by atoms with E-state index < -0.39 is 11.7 Å². The summed E-state index contributed by atoms with van der Waals surface area (Å²) in [5, 5.41) is 13.3. The average Bonchev–Trinajstić information content (AvgIpc) is 2.10. The van der Waals surface area contributed by atoms with E-state index in [4.69, 9.17) is 10.8 Å². The van der Waals surface area contributed by atoms with Gasteiger partial charge in [0.25, 0.3) is 0 Å². The zero-order valence-electron chi connectivity index (χ0n) is 7.34. The van der Waals surface area contributed by atoms with Crippen LogP contribution in [0.3, 0.4) is 0 Å². The van der Waals surface area contributed by atoms with Crippen molar-refractivity contribution in [2.75, 3.05) is 13.1 Å². The topological polar surface area (TPSA) is 84.6 Å². The number of halogens is 3. The van der Waals surface area contributed by atoms with Crippen LogP contribution in [0.25, 0.3) is 10.4 Å². The number of hydrogen-bond donors (Lipinski definition) is 1. The number of alkyl halides is 3. The molecule has 0 aliphatic heterocycles. The van der Waals surface area contributed by atoms with Gasteiger partial charge in [0, 0.05) is 18.0 Å². The van der Waals surface area contributed by atoms with Gasteiger partial charge in [-0.2, -0.15) is 18.4 Å². The number of hydrogen-bond acceptors (Lipinski definition) is 3. The highest BCUT2D eigenvalue weighted by Crippen LogP contribution is 2.29. The van der Waals surface area contributed by atoms with Crippen molar-refractivity contribution < 1.29 is 13.2 Å².